The molecule has 1 aromatic carbocycles. The fourth-order valence-electron chi connectivity index (χ4n) is 1.41. The Bertz CT molecular complexity index is 521. The molecule has 2 aromatic heterocycles. The molecule has 62 valence electrons. The monoisotopic (exact) mass is 170 g/mol. The molecule has 3 aromatic rings. The van der Waals surface area contributed by atoms with Crippen molar-refractivity contribution in [1.82, 2.24) is 10.1 Å². The van der Waals surface area contributed by atoms with E-state index in [4.69, 9.17) is 4.52 Å². The molecule has 0 atom stereocenters. The van der Waals surface area contributed by atoms with Gasteiger partial charge in [-0.05, 0) is 12.1 Å². The molecule has 3 rings (SSSR count). The lowest BCUT2D eigenvalue weighted by atomic mass is 10.2. The van der Waals surface area contributed by atoms with Gasteiger partial charge in [0.05, 0.1) is 17.1 Å². The van der Waals surface area contributed by atoms with Gasteiger partial charge in [0, 0.05) is 5.39 Å². The molecule has 13 heavy (non-hydrogen) atoms. The topological polar surface area (TPSA) is 38.9 Å². The predicted octanol–water partition coefficient (Wildman–Crippen LogP) is 2.38. The second-order valence-electron chi connectivity index (χ2n) is 2.90. The normalized spacial score (nSPS) is 11.1. The van der Waals surface area contributed by atoms with Crippen molar-refractivity contribution in [2.75, 3.05) is 0 Å². The summed E-state index contributed by atoms with van der Waals surface area (Å²) in [6.07, 6.45) is 1.68. The molecule has 0 fully saturated rings. The molecule has 0 bridgehead atoms. The molecule has 0 aliphatic rings. The summed E-state index contributed by atoms with van der Waals surface area (Å²) in [5, 5.41) is 5.74. The maximum Gasteiger partial charge on any atom is 0.258 e. The second-order valence-corrected chi connectivity index (χ2v) is 2.90. The van der Waals surface area contributed by atoms with E-state index in [2.05, 4.69) is 10.1 Å². The fourth-order valence-corrected chi connectivity index (χ4v) is 1.41. The summed E-state index contributed by atoms with van der Waals surface area (Å²) in [4.78, 5) is 4.31. The molecule has 0 aliphatic carbocycles. The largest absolute Gasteiger partial charge is 0.336 e. The van der Waals surface area contributed by atoms with E-state index < -0.39 is 0 Å². The van der Waals surface area contributed by atoms with Crippen LogP contribution in [0, 0.1) is 0 Å². The highest BCUT2D eigenvalue weighted by Gasteiger charge is 2.01. The summed E-state index contributed by atoms with van der Waals surface area (Å²) in [5.74, 6) is 0. The first-order chi connectivity index (χ1) is 6.43. The molecule has 3 heteroatoms. The average Bonchev–Trinajstić information content (AvgIpc) is 2.61. The van der Waals surface area contributed by atoms with Crippen LogP contribution in [0.1, 0.15) is 0 Å². The van der Waals surface area contributed by atoms with Crippen LogP contribution < -0.4 is 0 Å². The van der Waals surface area contributed by atoms with Crippen molar-refractivity contribution in [1.29, 1.82) is 0 Å². The number of aromatic nitrogens is 2. The fraction of sp³-hybridized carbons (Fsp3) is 0. The van der Waals surface area contributed by atoms with E-state index in [1.807, 2.05) is 30.3 Å². The van der Waals surface area contributed by atoms with Gasteiger partial charge in [0.25, 0.3) is 5.71 Å². The number of pyridine rings is 1. The maximum absolute atomic E-state index is 4.96. The van der Waals surface area contributed by atoms with Crippen LogP contribution in [0.4, 0.5) is 0 Å². The molecule has 0 unspecified atom stereocenters. The van der Waals surface area contributed by atoms with Crippen LogP contribution in [0.2, 0.25) is 0 Å². The van der Waals surface area contributed by atoms with Gasteiger partial charge in [-0.3, -0.25) is 0 Å². The van der Waals surface area contributed by atoms with E-state index in [0.717, 1.165) is 16.3 Å². The highest BCUT2D eigenvalue weighted by molar-refractivity contribution is 5.89. The Morgan fingerprint density at radius 3 is 3.00 bits per heavy atom. The first-order valence-corrected chi connectivity index (χ1v) is 4.04. The zero-order chi connectivity index (χ0) is 8.67. The molecule has 0 amide bonds. The van der Waals surface area contributed by atoms with Crippen molar-refractivity contribution in [2.45, 2.75) is 0 Å². The van der Waals surface area contributed by atoms with Crippen LogP contribution in [0.15, 0.2) is 41.1 Å². The van der Waals surface area contributed by atoms with E-state index in [-0.39, 0.29) is 0 Å². The summed E-state index contributed by atoms with van der Waals surface area (Å²) >= 11 is 0. The van der Waals surface area contributed by atoms with E-state index in [9.17, 15) is 0 Å². The molecular formula is C10H6N2O. The highest BCUT2D eigenvalue weighted by Crippen LogP contribution is 2.18. The number of nitrogens with zero attached hydrogens (tertiary/aromatic N) is 2. The highest BCUT2D eigenvalue weighted by atomic mass is 16.5. The SMILES string of the molecule is c1ccc2nc3oncc3cc2c1. The Morgan fingerprint density at radius 2 is 2.00 bits per heavy atom. The summed E-state index contributed by atoms with van der Waals surface area (Å²) in [5.41, 5.74) is 1.53. The van der Waals surface area contributed by atoms with E-state index >= 15 is 0 Å². The van der Waals surface area contributed by atoms with Crippen molar-refractivity contribution in [2.24, 2.45) is 0 Å². The minimum Gasteiger partial charge on any atom is -0.336 e. The standard InChI is InChI=1S/C10H6N2O/c1-2-4-9-7(3-1)5-8-6-11-13-10(8)12-9/h1-6H. The lowest BCUT2D eigenvalue weighted by molar-refractivity contribution is 0.449. The van der Waals surface area contributed by atoms with Gasteiger partial charge in [0.1, 0.15) is 0 Å². The third-order valence-corrected chi connectivity index (χ3v) is 2.05. The van der Waals surface area contributed by atoms with Gasteiger partial charge in [-0.25, -0.2) is 4.98 Å². The lowest BCUT2D eigenvalue weighted by Gasteiger charge is -1.93. The van der Waals surface area contributed by atoms with Crippen molar-refractivity contribution in [3.05, 3.63) is 36.5 Å². The number of para-hydroxylation sites is 1. The van der Waals surface area contributed by atoms with Crippen LogP contribution in [0.25, 0.3) is 22.0 Å². The molecule has 3 nitrogen and oxygen atoms in total. The Kier molecular flexibility index (Phi) is 1.16. The molecule has 0 saturated carbocycles. The van der Waals surface area contributed by atoms with Crippen molar-refractivity contribution >= 4 is 22.0 Å². The minimum atomic E-state index is 0.596. The second kappa shape index (κ2) is 2.29. The average molecular weight is 170 g/mol. The van der Waals surface area contributed by atoms with Gasteiger partial charge < -0.3 is 4.52 Å². The molecule has 0 saturated heterocycles. The van der Waals surface area contributed by atoms with Crippen molar-refractivity contribution in [3.8, 4) is 0 Å². The lowest BCUT2D eigenvalue weighted by Crippen LogP contribution is -1.77. The number of rotatable bonds is 0. The van der Waals surface area contributed by atoms with Gasteiger partial charge >= 0.3 is 0 Å². The minimum absolute atomic E-state index is 0.596. The smallest absolute Gasteiger partial charge is 0.258 e. The molecule has 0 aliphatic heterocycles. The Hall–Kier alpha value is -1.90. The summed E-state index contributed by atoms with van der Waals surface area (Å²) in [6, 6.07) is 9.95. The van der Waals surface area contributed by atoms with Crippen LogP contribution in [-0.2, 0) is 0 Å². The van der Waals surface area contributed by atoms with Gasteiger partial charge in [-0.1, -0.05) is 23.4 Å². The number of hydrogen-bond donors (Lipinski definition) is 0. The molecule has 0 spiro atoms. The first-order valence-electron chi connectivity index (χ1n) is 4.04. The Balaban J connectivity index is 2.57. The molecule has 2 heterocycles. The van der Waals surface area contributed by atoms with Gasteiger partial charge in [-0.15, -0.1) is 0 Å². The van der Waals surface area contributed by atoms with Gasteiger partial charge in [-0.2, -0.15) is 0 Å². The first kappa shape index (κ1) is 6.60. The van der Waals surface area contributed by atoms with Crippen molar-refractivity contribution < 1.29 is 4.52 Å². The maximum atomic E-state index is 4.96. The summed E-state index contributed by atoms with van der Waals surface area (Å²) in [7, 11) is 0. The number of hydrogen-bond acceptors (Lipinski definition) is 3. The number of fused-ring (bicyclic) bond motifs is 2. The van der Waals surface area contributed by atoms with Crippen LogP contribution >= 0.6 is 0 Å². The third-order valence-electron chi connectivity index (χ3n) is 2.05. The zero-order valence-electron chi connectivity index (χ0n) is 6.77. The molecule has 0 N–H and O–H groups in total. The van der Waals surface area contributed by atoms with Crippen LogP contribution in [-0.4, -0.2) is 10.1 Å². The van der Waals surface area contributed by atoms with Gasteiger partial charge in [0.15, 0.2) is 0 Å². The summed E-state index contributed by atoms with van der Waals surface area (Å²) < 4.78 is 4.96. The Morgan fingerprint density at radius 1 is 1.08 bits per heavy atom. The number of benzene rings is 1. The van der Waals surface area contributed by atoms with E-state index in [1.54, 1.807) is 6.20 Å². The summed E-state index contributed by atoms with van der Waals surface area (Å²) in [6.45, 7) is 0. The van der Waals surface area contributed by atoms with Crippen molar-refractivity contribution in [3.63, 3.8) is 0 Å². The zero-order valence-corrected chi connectivity index (χ0v) is 6.77. The van der Waals surface area contributed by atoms with Crippen LogP contribution in [0.5, 0.6) is 0 Å². The molecular weight excluding hydrogens is 164 g/mol. The molecule has 0 radical (unpaired) electrons. The Labute approximate surface area is 74.0 Å². The van der Waals surface area contributed by atoms with Crippen LogP contribution in [0.3, 0.4) is 0 Å². The third kappa shape index (κ3) is 0.902. The van der Waals surface area contributed by atoms with E-state index in [0.29, 0.717) is 5.71 Å². The van der Waals surface area contributed by atoms with E-state index in [1.165, 1.54) is 0 Å². The quantitative estimate of drug-likeness (QED) is 0.520. The van der Waals surface area contributed by atoms with Gasteiger partial charge in [0.2, 0.25) is 0 Å². The predicted molar refractivity (Wildman–Crippen MR) is 49.3 cm³/mol.